The van der Waals surface area contributed by atoms with Crippen molar-refractivity contribution in [2.75, 3.05) is 0 Å². The van der Waals surface area contributed by atoms with Gasteiger partial charge in [-0.3, -0.25) is 0 Å². The topological polar surface area (TPSA) is 26.3 Å². The predicted molar refractivity (Wildman–Crippen MR) is 86.3 cm³/mol. The summed E-state index contributed by atoms with van der Waals surface area (Å²) < 4.78 is 5.12. The Morgan fingerprint density at radius 1 is 0.955 bits per heavy atom. The van der Waals surface area contributed by atoms with Crippen LogP contribution in [0.2, 0.25) is 0 Å². The van der Waals surface area contributed by atoms with Crippen molar-refractivity contribution in [3.63, 3.8) is 0 Å². The van der Waals surface area contributed by atoms with E-state index in [2.05, 4.69) is 42.5 Å². The molecule has 0 radical (unpaired) electrons. The molecule has 0 fully saturated rings. The smallest absolute Gasteiger partial charge is 0.384 e. The normalized spacial score (nSPS) is 13.0. The van der Waals surface area contributed by atoms with Gasteiger partial charge >= 0.3 is 5.97 Å². The molecule has 4 bridgehead atoms. The number of ether oxygens (including phenoxy) is 1. The number of hydrogen-bond donors (Lipinski definition) is 0. The summed E-state index contributed by atoms with van der Waals surface area (Å²) in [6.45, 7) is 0.254. The first-order chi connectivity index (χ1) is 10.7. The summed E-state index contributed by atoms with van der Waals surface area (Å²) in [5.74, 6) is 1.39. The highest BCUT2D eigenvalue weighted by Crippen LogP contribution is 2.20. The molecule has 0 saturated carbocycles. The van der Waals surface area contributed by atoms with E-state index in [1.807, 2.05) is 5.92 Å². The Morgan fingerprint density at radius 2 is 1.55 bits per heavy atom. The molecule has 2 aromatic carbocycles. The fourth-order valence-corrected chi connectivity index (χ4v) is 2.84. The van der Waals surface area contributed by atoms with Gasteiger partial charge in [-0.2, -0.15) is 0 Å². The van der Waals surface area contributed by atoms with Gasteiger partial charge in [0.2, 0.25) is 0 Å². The van der Waals surface area contributed by atoms with Crippen LogP contribution in [-0.4, -0.2) is 5.97 Å². The molecule has 4 aliphatic rings. The Labute approximate surface area is 131 Å². The van der Waals surface area contributed by atoms with Crippen LogP contribution >= 0.6 is 0 Å². The molecule has 2 nitrogen and oxygen atoms in total. The number of benzene rings is 2. The summed E-state index contributed by atoms with van der Waals surface area (Å²) in [6, 6.07) is 15.3. The van der Waals surface area contributed by atoms with E-state index in [0.717, 1.165) is 31.2 Å². The molecule has 0 heterocycles. The molecule has 22 heavy (non-hydrogen) atoms. The molecule has 110 valence electrons. The second-order valence-electron chi connectivity index (χ2n) is 5.64. The number of rotatable bonds is 2. The lowest BCUT2D eigenvalue weighted by Gasteiger charge is -2.14. The van der Waals surface area contributed by atoms with Crippen LogP contribution in [0.1, 0.15) is 27.8 Å². The maximum atomic E-state index is 11.2. The van der Waals surface area contributed by atoms with Gasteiger partial charge in [-0.1, -0.05) is 42.5 Å². The first kappa shape index (κ1) is 14.4. The highest BCUT2D eigenvalue weighted by atomic mass is 16.5. The molecule has 2 heteroatoms. The molecular weight excluding hydrogens is 272 g/mol. The third-order valence-electron chi connectivity index (χ3n) is 4.16. The van der Waals surface area contributed by atoms with Crippen molar-refractivity contribution in [1.29, 1.82) is 0 Å². The van der Waals surface area contributed by atoms with Crippen LogP contribution < -0.4 is 0 Å². The van der Waals surface area contributed by atoms with Crippen molar-refractivity contribution in [3.8, 4) is 12.3 Å². The molecule has 0 unspecified atom stereocenters. The van der Waals surface area contributed by atoms with E-state index in [4.69, 9.17) is 11.2 Å². The van der Waals surface area contributed by atoms with E-state index in [1.165, 1.54) is 22.3 Å². The van der Waals surface area contributed by atoms with Crippen LogP contribution in [0, 0.1) is 12.3 Å². The average Bonchev–Trinajstić information content (AvgIpc) is 2.55. The molecule has 2 aromatic rings. The first-order valence-corrected chi connectivity index (χ1v) is 7.56. The second kappa shape index (κ2) is 6.49. The molecular formula is C20H18O2. The van der Waals surface area contributed by atoms with E-state index < -0.39 is 5.97 Å². The molecule has 6 rings (SSSR count). The lowest BCUT2D eigenvalue weighted by Crippen LogP contribution is -2.06. The Balaban J connectivity index is 1.87. The van der Waals surface area contributed by atoms with Gasteiger partial charge in [0.15, 0.2) is 0 Å². The summed E-state index contributed by atoms with van der Waals surface area (Å²) in [6.07, 6.45) is 8.97. The van der Waals surface area contributed by atoms with Crippen LogP contribution in [0.4, 0.5) is 0 Å². The third kappa shape index (κ3) is 3.38. The Morgan fingerprint density at radius 3 is 2.23 bits per heavy atom. The average molecular weight is 290 g/mol. The maximum Gasteiger partial charge on any atom is 0.384 e. The SMILES string of the molecule is C#CC(=O)OCc1cc2ccc1CCc1ccc(cc1)CC2. The zero-order valence-corrected chi connectivity index (χ0v) is 12.5. The molecule has 0 aliphatic heterocycles. The van der Waals surface area contributed by atoms with Crippen LogP contribution in [0.15, 0.2) is 42.5 Å². The highest BCUT2D eigenvalue weighted by Gasteiger charge is 2.09. The number of carbonyl (C=O) groups is 1. The maximum absolute atomic E-state index is 11.2. The van der Waals surface area contributed by atoms with Crippen LogP contribution in [0.3, 0.4) is 0 Å². The Hall–Kier alpha value is -2.53. The zero-order chi connectivity index (χ0) is 15.4. The van der Waals surface area contributed by atoms with Gasteiger partial charge in [0.25, 0.3) is 0 Å². The van der Waals surface area contributed by atoms with E-state index in [0.29, 0.717) is 0 Å². The number of hydrogen-bond acceptors (Lipinski definition) is 2. The zero-order valence-electron chi connectivity index (χ0n) is 12.5. The summed E-state index contributed by atoms with van der Waals surface area (Å²) in [5, 5.41) is 0. The molecule has 0 atom stereocenters. The fourth-order valence-electron chi connectivity index (χ4n) is 2.84. The molecule has 0 N–H and O–H groups in total. The minimum atomic E-state index is -0.604. The van der Waals surface area contributed by atoms with Gasteiger partial charge in [-0.25, -0.2) is 4.79 Å². The van der Waals surface area contributed by atoms with Crippen LogP contribution in [0.25, 0.3) is 0 Å². The minimum Gasteiger partial charge on any atom is -0.451 e. The van der Waals surface area contributed by atoms with Crippen molar-refractivity contribution in [2.45, 2.75) is 32.3 Å². The largest absolute Gasteiger partial charge is 0.451 e. The standard InChI is InChI=1S/C20H18O2/c1-2-20(21)22-14-19-13-17-8-7-15-3-5-16(6-4-15)9-11-18(19)12-10-17/h1,3-6,10,12-13H,7-9,11,14H2. The molecule has 0 saturated heterocycles. The number of carbonyl (C=O) groups excluding carboxylic acids is 1. The number of esters is 1. The summed E-state index contributed by atoms with van der Waals surface area (Å²) in [7, 11) is 0. The lowest BCUT2D eigenvalue weighted by molar-refractivity contribution is -0.137. The van der Waals surface area contributed by atoms with Gasteiger partial charge in [0.1, 0.15) is 6.61 Å². The third-order valence-corrected chi connectivity index (χ3v) is 4.16. The molecule has 0 spiro atoms. The monoisotopic (exact) mass is 290 g/mol. The van der Waals surface area contributed by atoms with Crippen molar-refractivity contribution < 1.29 is 9.53 Å². The van der Waals surface area contributed by atoms with Gasteiger partial charge in [-0.15, -0.1) is 6.42 Å². The summed E-state index contributed by atoms with van der Waals surface area (Å²) in [5.41, 5.74) is 6.24. The number of terminal acetylenes is 1. The predicted octanol–water partition coefficient (Wildman–Crippen LogP) is 3.25. The van der Waals surface area contributed by atoms with E-state index in [1.54, 1.807) is 0 Å². The van der Waals surface area contributed by atoms with E-state index >= 15 is 0 Å². The molecule has 4 aliphatic carbocycles. The second-order valence-corrected chi connectivity index (χ2v) is 5.64. The molecule has 0 aromatic heterocycles. The minimum absolute atomic E-state index is 0.254. The lowest BCUT2D eigenvalue weighted by atomic mass is 9.93. The Kier molecular flexibility index (Phi) is 4.25. The highest BCUT2D eigenvalue weighted by molar-refractivity contribution is 5.87. The van der Waals surface area contributed by atoms with Crippen LogP contribution in [0.5, 0.6) is 0 Å². The van der Waals surface area contributed by atoms with Crippen molar-refractivity contribution in [3.05, 3.63) is 70.3 Å². The van der Waals surface area contributed by atoms with Crippen molar-refractivity contribution in [1.82, 2.24) is 0 Å². The quantitative estimate of drug-likeness (QED) is 0.482. The van der Waals surface area contributed by atoms with Gasteiger partial charge in [-0.05, 0) is 53.5 Å². The van der Waals surface area contributed by atoms with Gasteiger partial charge < -0.3 is 4.74 Å². The Bertz CT molecular complexity index is 720. The van der Waals surface area contributed by atoms with E-state index in [-0.39, 0.29) is 6.61 Å². The fraction of sp³-hybridized carbons (Fsp3) is 0.250. The van der Waals surface area contributed by atoms with E-state index in [9.17, 15) is 4.79 Å². The van der Waals surface area contributed by atoms with Gasteiger partial charge in [0.05, 0.1) is 0 Å². The summed E-state index contributed by atoms with van der Waals surface area (Å²) in [4.78, 5) is 11.2. The molecule has 0 amide bonds. The van der Waals surface area contributed by atoms with Crippen molar-refractivity contribution >= 4 is 5.97 Å². The van der Waals surface area contributed by atoms with Gasteiger partial charge in [0, 0.05) is 5.92 Å². The van der Waals surface area contributed by atoms with Crippen molar-refractivity contribution in [2.24, 2.45) is 0 Å². The summed E-state index contributed by atoms with van der Waals surface area (Å²) >= 11 is 0. The number of aryl methyl sites for hydroxylation is 4. The van der Waals surface area contributed by atoms with Crippen LogP contribution in [-0.2, 0) is 41.8 Å². The first-order valence-electron chi connectivity index (χ1n) is 7.56.